The number of thiocarbonyl (C=S) groups is 1. The largest absolute Gasteiger partial charge is 0.389 e. The molecule has 3 aromatic rings. The van der Waals surface area contributed by atoms with Gasteiger partial charge in [0, 0.05) is 12.8 Å². The molecule has 3 N–H and O–H groups in total. The molecule has 8 heteroatoms. The summed E-state index contributed by atoms with van der Waals surface area (Å²) in [6.45, 7) is 3.06. The van der Waals surface area contributed by atoms with Gasteiger partial charge in [-0.3, -0.25) is 14.6 Å². The van der Waals surface area contributed by atoms with Crippen LogP contribution in [0.4, 0.5) is 0 Å². The minimum absolute atomic E-state index is 0.00832. The van der Waals surface area contributed by atoms with Gasteiger partial charge in [0.05, 0.1) is 23.6 Å². The zero-order chi connectivity index (χ0) is 18.4. The Balaban J connectivity index is 2.11. The summed E-state index contributed by atoms with van der Waals surface area (Å²) < 4.78 is 8.94. The summed E-state index contributed by atoms with van der Waals surface area (Å²) in [7, 11) is 0. The summed E-state index contributed by atoms with van der Waals surface area (Å²) >= 11 is 5.10. The fourth-order valence-electron chi connectivity index (χ4n) is 3.45. The van der Waals surface area contributed by atoms with Crippen molar-refractivity contribution in [1.29, 1.82) is 5.41 Å². The summed E-state index contributed by atoms with van der Waals surface area (Å²) in [5.41, 5.74) is 8.06. The third-order valence-corrected chi connectivity index (χ3v) is 5.03. The number of nitrogens with two attached hydrogens (primary N) is 1. The number of hydrogen-bond donors (Lipinski definition) is 2. The van der Waals surface area contributed by atoms with Gasteiger partial charge in [-0.2, -0.15) is 0 Å². The molecule has 1 aliphatic heterocycles. The molecule has 134 valence electrons. The molecule has 1 atom stereocenters. The lowest BCUT2D eigenvalue weighted by Gasteiger charge is -2.17. The average Bonchev–Trinajstić information content (AvgIpc) is 3.11. The first kappa shape index (κ1) is 16.9. The van der Waals surface area contributed by atoms with E-state index in [0.717, 1.165) is 18.4 Å². The van der Waals surface area contributed by atoms with Gasteiger partial charge in [0.15, 0.2) is 0 Å². The zero-order valence-electron chi connectivity index (χ0n) is 14.4. The first-order chi connectivity index (χ1) is 12.5. The highest BCUT2D eigenvalue weighted by Crippen LogP contribution is 2.17. The van der Waals surface area contributed by atoms with E-state index in [1.54, 1.807) is 16.8 Å². The highest BCUT2D eigenvalue weighted by atomic mass is 32.1. The second-order valence-electron chi connectivity index (χ2n) is 6.56. The topological polar surface area (TPSA) is 98.4 Å². The molecule has 0 radical (unpaired) electrons. The van der Waals surface area contributed by atoms with E-state index in [1.807, 2.05) is 19.1 Å². The van der Waals surface area contributed by atoms with Gasteiger partial charge < -0.3 is 15.0 Å². The number of fused-ring (bicyclic) bond motifs is 2. The summed E-state index contributed by atoms with van der Waals surface area (Å²) in [6.07, 6.45) is 3.59. The van der Waals surface area contributed by atoms with Crippen LogP contribution in [0.2, 0.25) is 0 Å². The van der Waals surface area contributed by atoms with E-state index in [0.29, 0.717) is 35.4 Å². The van der Waals surface area contributed by atoms with Gasteiger partial charge in [0.1, 0.15) is 21.8 Å². The lowest BCUT2D eigenvalue weighted by atomic mass is 10.2. The van der Waals surface area contributed by atoms with E-state index < -0.39 is 0 Å². The highest BCUT2D eigenvalue weighted by Gasteiger charge is 2.20. The molecule has 0 unspecified atom stereocenters. The van der Waals surface area contributed by atoms with Crippen molar-refractivity contribution in [2.75, 3.05) is 6.61 Å². The van der Waals surface area contributed by atoms with Crippen molar-refractivity contribution in [3.8, 4) is 0 Å². The Labute approximate surface area is 154 Å². The van der Waals surface area contributed by atoms with E-state index in [2.05, 4.69) is 0 Å². The van der Waals surface area contributed by atoms with Crippen LogP contribution in [0, 0.1) is 12.3 Å². The van der Waals surface area contributed by atoms with Crippen LogP contribution in [-0.2, 0) is 11.3 Å². The Hall–Kier alpha value is -2.58. The van der Waals surface area contributed by atoms with Crippen molar-refractivity contribution < 1.29 is 4.74 Å². The number of nitrogens with one attached hydrogen (secondary N) is 1. The number of aromatic nitrogens is 3. The Morgan fingerprint density at radius 3 is 3.00 bits per heavy atom. The molecule has 0 amide bonds. The van der Waals surface area contributed by atoms with Crippen molar-refractivity contribution >= 4 is 33.9 Å². The summed E-state index contributed by atoms with van der Waals surface area (Å²) in [6, 6.07) is 5.30. The van der Waals surface area contributed by atoms with Crippen LogP contribution >= 0.6 is 12.2 Å². The van der Waals surface area contributed by atoms with Crippen LogP contribution in [-0.4, -0.2) is 31.7 Å². The van der Waals surface area contributed by atoms with Crippen LogP contribution in [0.15, 0.2) is 29.2 Å². The minimum atomic E-state index is -0.202. The molecule has 0 saturated carbocycles. The minimum Gasteiger partial charge on any atom is -0.389 e. The fraction of sp³-hybridized carbons (Fsp3) is 0.333. The zero-order valence-corrected chi connectivity index (χ0v) is 15.2. The first-order valence-corrected chi connectivity index (χ1v) is 8.89. The maximum absolute atomic E-state index is 13.0. The van der Waals surface area contributed by atoms with Crippen molar-refractivity contribution in [3.05, 3.63) is 51.4 Å². The van der Waals surface area contributed by atoms with E-state index in [4.69, 9.17) is 33.1 Å². The van der Waals surface area contributed by atoms with E-state index in [1.165, 1.54) is 4.40 Å². The van der Waals surface area contributed by atoms with Crippen molar-refractivity contribution in [2.24, 2.45) is 5.73 Å². The molecular weight excluding hydrogens is 350 g/mol. The number of hydrogen-bond acceptors (Lipinski definition) is 5. The molecule has 1 saturated heterocycles. The van der Waals surface area contributed by atoms with Gasteiger partial charge in [-0.25, -0.2) is 4.98 Å². The van der Waals surface area contributed by atoms with Gasteiger partial charge in [-0.15, -0.1) is 0 Å². The van der Waals surface area contributed by atoms with Crippen LogP contribution in [0.5, 0.6) is 0 Å². The Kier molecular flexibility index (Phi) is 4.08. The molecule has 0 aliphatic carbocycles. The number of nitrogens with zero attached hydrogens (tertiary/aromatic N) is 3. The average molecular weight is 369 g/mol. The molecular formula is C18H19N5O2S. The van der Waals surface area contributed by atoms with Crippen LogP contribution in [0.3, 0.4) is 0 Å². The number of rotatable bonds is 3. The standard InChI is InChI=1S/C18H19N5O2S/c1-10-4-2-6-22-16(10)21-17-13(18(22)24)8-12(15(20)26)14(19)23(17)9-11-5-3-7-25-11/h2,4,6,8,11,19H,3,5,7,9H2,1H3,(H2,20,26)/t11-/m0/s1. The maximum Gasteiger partial charge on any atom is 0.267 e. The molecule has 1 fully saturated rings. The summed E-state index contributed by atoms with van der Waals surface area (Å²) in [5.74, 6) is 0. The van der Waals surface area contributed by atoms with E-state index >= 15 is 0 Å². The van der Waals surface area contributed by atoms with Gasteiger partial charge in [-0.05, 0) is 37.5 Å². The molecule has 3 aromatic heterocycles. The number of pyridine rings is 2. The second kappa shape index (κ2) is 6.30. The predicted molar refractivity (Wildman–Crippen MR) is 102 cm³/mol. The normalized spacial score (nSPS) is 17.2. The van der Waals surface area contributed by atoms with Crippen LogP contribution in [0.25, 0.3) is 16.7 Å². The third kappa shape index (κ3) is 2.62. The van der Waals surface area contributed by atoms with E-state index in [-0.39, 0.29) is 22.1 Å². The molecule has 4 rings (SSSR count). The molecule has 26 heavy (non-hydrogen) atoms. The summed E-state index contributed by atoms with van der Waals surface area (Å²) in [5, 5.41) is 8.94. The molecule has 0 spiro atoms. The van der Waals surface area contributed by atoms with Crippen LogP contribution < -0.4 is 16.8 Å². The van der Waals surface area contributed by atoms with Gasteiger partial charge >= 0.3 is 0 Å². The number of ether oxygens (including phenoxy) is 1. The lowest BCUT2D eigenvalue weighted by molar-refractivity contribution is 0.0968. The SMILES string of the molecule is Cc1cccn2c(=O)c3cc(C(N)=S)c(=N)n(C[C@@H]4CCCO4)c3nc12. The summed E-state index contributed by atoms with van der Waals surface area (Å²) in [4.78, 5) is 17.8. The van der Waals surface area contributed by atoms with Gasteiger partial charge in [0.2, 0.25) is 0 Å². The first-order valence-electron chi connectivity index (χ1n) is 8.49. The Morgan fingerprint density at radius 2 is 2.31 bits per heavy atom. The molecule has 0 bridgehead atoms. The molecule has 1 aliphatic rings. The third-order valence-electron chi connectivity index (χ3n) is 4.81. The second-order valence-corrected chi connectivity index (χ2v) is 7.00. The monoisotopic (exact) mass is 369 g/mol. The Bertz CT molecular complexity index is 1160. The Morgan fingerprint density at radius 1 is 1.50 bits per heavy atom. The van der Waals surface area contributed by atoms with Gasteiger partial charge in [-0.1, -0.05) is 18.3 Å². The smallest absolute Gasteiger partial charge is 0.267 e. The van der Waals surface area contributed by atoms with Crippen molar-refractivity contribution in [3.63, 3.8) is 0 Å². The highest BCUT2D eigenvalue weighted by molar-refractivity contribution is 7.80. The maximum atomic E-state index is 13.0. The van der Waals surface area contributed by atoms with Gasteiger partial charge in [0.25, 0.3) is 5.56 Å². The number of aryl methyl sites for hydroxylation is 1. The van der Waals surface area contributed by atoms with Crippen molar-refractivity contribution in [1.82, 2.24) is 14.0 Å². The van der Waals surface area contributed by atoms with Crippen LogP contribution in [0.1, 0.15) is 24.0 Å². The molecule has 7 nitrogen and oxygen atoms in total. The molecule has 4 heterocycles. The quantitative estimate of drug-likeness (QED) is 0.535. The predicted octanol–water partition coefficient (Wildman–Crippen LogP) is 1.25. The lowest BCUT2D eigenvalue weighted by Crippen LogP contribution is -2.34. The molecule has 0 aromatic carbocycles. The fourth-order valence-corrected chi connectivity index (χ4v) is 3.61. The van der Waals surface area contributed by atoms with E-state index in [9.17, 15) is 4.79 Å². The van der Waals surface area contributed by atoms with Crippen molar-refractivity contribution in [2.45, 2.75) is 32.4 Å².